The third-order valence-corrected chi connectivity index (χ3v) is 5.21. The number of aromatic nitrogens is 8. The number of tetrazole rings is 2. The van der Waals surface area contributed by atoms with Gasteiger partial charge in [-0.2, -0.15) is 0 Å². The van der Waals surface area contributed by atoms with E-state index in [9.17, 15) is 10.2 Å². The first-order chi connectivity index (χ1) is 13.2. The molecule has 0 aromatic carbocycles. The van der Waals surface area contributed by atoms with Crippen LogP contribution in [0.15, 0.2) is 0 Å². The van der Waals surface area contributed by atoms with Crippen LogP contribution in [0.3, 0.4) is 0 Å². The fourth-order valence-corrected chi connectivity index (χ4v) is 3.38. The normalized spacial score (nSPS) is 14.9. The highest BCUT2D eigenvalue weighted by Gasteiger charge is 2.24. The van der Waals surface area contributed by atoms with Gasteiger partial charge in [-0.3, -0.25) is 0 Å². The summed E-state index contributed by atoms with van der Waals surface area (Å²) in [7, 11) is 0. The van der Waals surface area contributed by atoms with Crippen LogP contribution >= 0.6 is 0 Å². The van der Waals surface area contributed by atoms with Gasteiger partial charge < -0.3 is 10.2 Å². The van der Waals surface area contributed by atoms with Gasteiger partial charge in [-0.05, 0) is 70.2 Å². The van der Waals surface area contributed by atoms with E-state index >= 15 is 0 Å². The van der Waals surface area contributed by atoms with Gasteiger partial charge in [0.15, 0.2) is 0 Å². The number of H-pyrrole nitrogens is 2. The number of hydrogen-bond donors (Lipinski definition) is 4. The fraction of sp³-hybridized carbons (Fsp3) is 0.889. The van der Waals surface area contributed by atoms with Crippen LogP contribution in [0.4, 0.5) is 0 Å². The Morgan fingerprint density at radius 1 is 0.714 bits per heavy atom. The molecule has 28 heavy (non-hydrogen) atoms. The second-order valence-electron chi connectivity index (χ2n) is 9.34. The van der Waals surface area contributed by atoms with Crippen LogP contribution in [0, 0.1) is 10.8 Å². The molecule has 2 heterocycles. The number of aromatic amines is 2. The fourth-order valence-electron chi connectivity index (χ4n) is 3.38. The average Bonchev–Trinajstić information content (AvgIpc) is 3.30. The molecule has 0 amide bonds. The van der Waals surface area contributed by atoms with E-state index in [2.05, 4.69) is 68.9 Å². The van der Waals surface area contributed by atoms with E-state index in [1.807, 2.05) is 0 Å². The van der Waals surface area contributed by atoms with E-state index in [4.69, 9.17) is 0 Å². The van der Waals surface area contributed by atoms with Crippen molar-refractivity contribution in [2.45, 2.75) is 91.3 Å². The van der Waals surface area contributed by atoms with Crippen LogP contribution in [0.2, 0.25) is 0 Å². The smallest absolute Gasteiger partial charge is 0.148 e. The Hall–Kier alpha value is -1.94. The summed E-state index contributed by atoms with van der Waals surface area (Å²) in [6, 6.07) is 0. The molecule has 0 spiro atoms. The maximum atomic E-state index is 10.3. The van der Waals surface area contributed by atoms with Crippen molar-refractivity contribution in [3.63, 3.8) is 0 Å². The van der Waals surface area contributed by atoms with Gasteiger partial charge in [0, 0.05) is 12.8 Å². The van der Waals surface area contributed by atoms with Gasteiger partial charge in [-0.25, -0.2) is 10.2 Å². The first kappa shape index (κ1) is 22.4. The van der Waals surface area contributed by atoms with Crippen LogP contribution in [0.5, 0.6) is 0 Å². The number of hydrogen-bond acceptors (Lipinski definition) is 8. The van der Waals surface area contributed by atoms with Crippen molar-refractivity contribution in [1.29, 1.82) is 0 Å². The molecule has 10 nitrogen and oxygen atoms in total. The minimum Gasteiger partial charge on any atom is -0.393 e. The van der Waals surface area contributed by atoms with Crippen LogP contribution in [0.1, 0.15) is 77.9 Å². The Balaban J connectivity index is 1.62. The van der Waals surface area contributed by atoms with Gasteiger partial charge in [0.2, 0.25) is 0 Å². The van der Waals surface area contributed by atoms with Gasteiger partial charge in [0.1, 0.15) is 11.6 Å². The molecular formula is C18H34N8O2. The molecule has 158 valence electrons. The number of aliphatic hydroxyl groups excluding tert-OH is 2. The third kappa shape index (κ3) is 8.39. The molecule has 0 aliphatic heterocycles. The van der Waals surface area contributed by atoms with E-state index in [1.54, 1.807) is 0 Å². The monoisotopic (exact) mass is 394 g/mol. The number of nitrogens with one attached hydrogen (secondary N) is 2. The molecule has 2 aromatic heterocycles. The lowest BCUT2D eigenvalue weighted by atomic mass is 9.82. The van der Waals surface area contributed by atoms with E-state index in [1.165, 1.54) is 0 Å². The largest absolute Gasteiger partial charge is 0.393 e. The highest BCUT2D eigenvalue weighted by molar-refractivity contribution is 4.87. The van der Waals surface area contributed by atoms with Crippen molar-refractivity contribution in [3.8, 4) is 0 Å². The van der Waals surface area contributed by atoms with Crippen molar-refractivity contribution >= 4 is 0 Å². The Kier molecular flexibility index (Phi) is 7.99. The standard InChI is InChI=1S/C18H34N8O2/c1-17(2,11-15-19-23-24-20-15)9-7-13(27)5-6-14(28)8-10-18(3,4)12-16-21-25-26-22-16/h13-14,27-28H,5-12H2,1-4H3,(H,19,20,23,24)(H,21,22,25,26). The lowest BCUT2D eigenvalue weighted by Gasteiger charge is -2.26. The molecule has 2 unspecified atom stereocenters. The summed E-state index contributed by atoms with van der Waals surface area (Å²) < 4.78 is 0. The van der Waals surface area contributed by atoms with Gasteiger partial charge >= 0.3 is 0 Å². The number of aliphatic hydroxyl groups is 2. The van der Waals surface area contributed by atoms with Crippen LogP contribution in [-0.4, -0.2) is 63.7 Å². The maximum Gasteiger partial charge on any atom is 0.148 e. The molecule has 0 radical (unpaired) electrons. The lowest BCUT2D eigenvalue weighted by Crippen LogP contribution is -2.22. The average molecular weight is 395 g/mol. The van der Waals surface area contributed by atoms with Gasteiger partial charge in [0.05, 0.1) is 12.2 Å². The molecule has 2 aromatic rings. The Bertz CT molecular complexity index is 599. The van der Waals surface area contributed by atoms with Crippen molar-refractivity contribution in [2.24, 2.45) is 10.8 Å². The van der Waals surface area contributed by atoms with Crippen LogP contribution in [0.25, 0.3) is 0 Å². The summed E-state index contributed by atoms with van der Waals surface area (Å²) >= 11 is 0. The van der Waals surface area contributed by atoms with Crippen molar-refractivity contribution in [2.75, 3.05) is 0 Å². The third-order valence-electron chi connectivity index (χ3n) is 5.21. The van der Waals surface area contributed by atoms with Crippen molar-refractivity contribution in [1.82, 2.24) is 41.2 Å². The number of rotatable bonds is 13. The zero-order valence-electron chi connectivity index (χ0n) is 17.4. The molecule has 0 fully saturated rings. The predicted octanol–water partition coefficient (Wildman–Crippen LogP) is 1.61. The molecule has 0 aliphatic carbocycles. The summed E-state index contributed by atoms with van der Waals surface area (Å²) in [6.45, 7) is 8.57. The minimum atomic E-state index is -0.407. The summed E-state index contributed by atoms with van der Waals surface area (Å²) in [4.78, 5) is 0. The zero-order chi connectivity index (χ0) is 20.6. The summed E-state index contributed by atoms with van der Waals surface area (Å²) in [5.41, 5.74) is 0.000792. The first-order valence-corrected chi connectivity index (χ1v) is 9.97. The van der Waals surface area contributed by atoms with E-state index in [0.717, 1.165) is 37.3 Å². The summed E-state index contributed by atoms with van der Waals surface area (Å²) in [5, 5.41) is 48.4. The van der Waals surface area contributed by atoms with Crippen molar-refractivity contribution in [3.05, 3.63) is 11.6 Å². The van der Waals surface area contributed by atoms with Gasteiger partial charge in [-0.1, -0.05) is 27.7 Å². The Labute approximate surface area is 165 Å². The molecule has 4 N–H and O–H groups in total. The van der Waals surface area contributed by atoms with E-state index in [-0.39, 0.29) is 10.8 Å². The predicted molar refractivity (Wildman–Crippen MR) is 103 cm³/mol. The lowest BCUT2D eigenvalue weighted by molar-refractivity contribution is 0.0877. The Morgan fingerprint density at radius 2 is 1.11 bits per heavy atom. The SMILES string of the molecule is CC(C)(CCC(O)CCC(O)CCC(C)(C)Cc1nnn[nH]1)Cc1nnn[nH]1. The minimum absolute atomic E-state index is 0.000396. The second kappa shape index (κ2) is 10.0. The van der Waals surface area contributed by atoms with E-state index < -0.39 is 12.2 Å². The zero-order valence-corrected chi connectivity index (χ0v) is 17.4. The molecule has 0 saturated heterocycles. The molecular weight excluding hydrogens is 360 g/mol. The number of nitrogens with zero attached hydrogens (tertiary/aromatic N) is 6. The maximum absolute atomic E-state index is 10.3. The molecule has 0 saturated carbocycles. The highest BCUT2D eigenvalue weighted by atomic mass is 16.3. The Morgan fingerprint density at radius 3 is 1.43 bits per heavy atom. The second-order valence-corrected chi connectivity index (χ2v) is 9.34. The van der Waals surface area contributed by atoms with Crippen molar-refractivity contribution < 1.29 is 10.2 Å². The van der Waals surface area contributed by atoms with Gasteiger partial charge in [0.25, 0.3) is 0 Å². The quantitative estimate of drug-likeness (QED) is 0.400. The van der Waals surface area contributed by atoms with E-state index in [0.29, 0.717) is 25.7 Å². The first-order valence-electron chi connectivity index (χ1n) is 9.97. The molecule has 2 rings (SSSR count). The highest BCUT2D eigenvalue weighted by Crippen LogP contribution is 2.29. The molecule has 10 heteroatoms. The molecule has 0 bridgehead atoms. The summed E-state index contributed by atoms with van der Waals surface area (Å²) in [5.74, 6) is 1.53. The molecule has 0 aliphatic rings. The van der Waals surface area contributed by atoms with Crippen LogP contribution < -0.4 is 0 Å². The van der Waals surface area contributed by atoms with Crippen LogP contribution in [-0.2, 0) is 12.8 Å². The molecule has 2 atom stereocenters. The van der Waals surface area contributed by atoms with Gasteiger partial charge in [-0.15, -0.1) is 10.2 Å². The topological polar surface area (TPSA) is 149 Å². The summed E-state index contributed by atoms with van der Waals surface area (Å²) in [6.07, 6.45) is 5.01.